The number of hydrogen-bond donors (Lipinski definition) is 1. The number of aliphatic hydroxyl groups is 1. The van der Waals surface area contributed by atoms with Gasteiger partial charge in [-0.25, -0.2) is 4.79 Å². The van der Waals surface area contributed by atoms with Gasteiger partial charge in [0.25, 0.3) is 0 Å². The van der Waals surface area contributed by atoms with Crippen molar-refractivity contribution in [3.8, 4) is 0 Å². The molecule has 0 atom stereocenters. The molecule has 0 aliphatic carbocycles. The molecular formula is C40H77NaO5. The van der Waals surface area contributed by atoms with Gasteiger partial charge in [-0.1, -0.05) is 206 Å². The molecule has 0 bridgehead atoms. The zero-order valence-electron chi connectivity index (χ0n) is 31.3. The first-order valence-corrected chi connectivity index (χ1v) is 19.7. The van der Waals surface area contributed by atoms with E-state index in [2.05, 4.69) is 13.8 Å². The van der Waals surface area contributed by atoms with Crippen LogP contribution in [0.15, 0.2) is 12.2 Å². The summed E-state index contributed by atoms with van der Waals surface area (Å²) in [5.41, 5.74) is 0. The van der Waals surface area contributed by atoms with Crippen LogP contribution >= 0.6 is 0 Å². The van der Waals surface area contributed by atoms with E-state index in [4.69, 9.17) is 9.84 Å². The number of hydrogen-bond acceptors (Lipinski definition) is 5. The van der Waals surface area contributed by atoms with Crippen LogP contribution < -0.4 is 34.7 Å². The summed E-state index contributed by atoms with van der Waals surface area (Å²) in [5.74, 6) is -2.00. The maximum absolute atomic E-state index is 11.1. The van der Waals surface area contributed by atoms with Crippen LogP contribution in [0.2, 0.25) is 0 Å². The number of aliphatic carboxylic acids is 1. The predicted molar refractivity (Wildman–Crippen MR) is 191 cm³/mol. The zero-order valence-corrected chi connectivity index (χ0v) is 33.3. The molecule has 0 amide bonds. The summed E-state index contributed by atoms with van der Waals surface area (Å²) in [6, 6.07) is 0. The summed E-state index contributed by atoms with van der Waals surface area (Å²) in [6.45, 7) is 5.28. The Morgan fingerprint density at radius 2 is 0.717 bits per heavy atom. The van der Waals surface area contributed by atoms with E-state index < -0.39 is 11.9 Å². The number of rotatable bonds is 35. The van der Waals surface area contributed by atoms with E-state index in [1.54, 1.807) is 0 Å². The molecule has 0 aliphatic heterocycles. The molecule has 0 aliphatic rings. The van der Waals surface area contributed by atoms with Gasteiger partial charge in [0.05, 0.1) is 12.6 Å². The van der Waals surface area contributed by atoms with Crippen molar-refractivity contribution in [1.82, 2.24) is 0 Å². The Balaban J connectivity index is -0.000000824. The van der Waals surface area contributed by atoms with E-state index in [1.807, 2.05) is 0 Å². The molecule has 0 aromatic heterocycles. The summed E-state index contributed by atoms with van der Waals surface area (Å²) in [6.07, 6.45) is 44.6. The Hall–Kier alpha value is -0.360. The number of aliphatic hydroxyl groups excluding tert-OH is 1. The maximum Gasteiger partial charge on any atom is 1.00 e. The molecule has 0 fully saturated rings. The third-order valence-corrected chi connectivity index (χ3v) is 8.61. The SMILES string of the molecule is CCCCCCCCCCCCCCCCCCO.CCCCCCCCCCCCCCCCCCOC(=O)/C=C/C(=O)[O-].[Na+]. The molecule has 6 heteroatoms. The summed E-state index contributed by atoms with van der Waals surface area (Å²) in [4.78, 5) is 21.2. The van der Waals surface area contributed by atoms with E-state index in [1.165, 1.54) is 186 Å². The van der Waals surface area contributed by atoms with E-state index in [-0.39, 0.29) is 29.6 Å². The molecule has 0 rings (SSSR count). The average molecular weight is 661 g/mol. The molecule has 0 radical (unpaired) electrons. The van der Waals surface area contributed by atoms with Crippen molar-refractivity contribution in [2.45, 2.75) is 219 Å². The van der Waals surface area contributed by atoms with Crippen molar-refractivity contribution < 1.29 is 54.1 Å². The summed E-state index contributed by atoms with van der Waals surface area (Å²) in [5, 5.41) is 18.8. The van der Waals surface area contributed by atoms with Crippen molar-refractivity contribution in [1.29, 1.82) is 0 Å². The van der Waals surface area contributed by atoms with Crippen molar-refractivity contribution in [3.63, 3.8) is 0 Å². The molecule has 0 aromatic carbocycles. The minimum Gasteiger partial charge on any atom is -0.545 e. The number of carboxylic acid groups (broad SMARTS) is 1. The van der Waals surface area contributed by atoms with Gasteiger partial charge in [-0.3, -0.25) is 0 Å². The molecule has 46 heavy (non-hydrogen) atoms. The first kappa shape index (κ1) is 50.0. The molecule has 0 aromatic rings. The third kappa shape index (κ3) is 50.5. The third-order valence-electron chi connectivity index (χ3n) is 8.61. The second-order valence-corrected chi connectivity index (χ2v) is 13.2. The average Bonchev–Trinajstić information content (AvgIpc) is 3.03. The minimum absolute atomic E-state index is 0. The number of carbonyl (C=O) groups excluding carboxylic acids is 2. The van der Waals surface area contributed by atoms with Gasteiger partial charge in [0.1, 0.15) is 0 Å². The van der Waals surface area contributed by atoms with Crippen LogP contribution in [0.4, 0.5) is 0 Å². The van der Waals surface area contributed by atoms with Gasteiger partial charge in [-0.15, -0.1) is 0 Å². The van der Waals surface area contributed by atoms with Gasteiger partial charge >= 0.3 is 35.5 Å². The molecule has 0 unspecified atom stereocenters. The molecular weight excluding hydrogens is 583 g/mol. The minimum atomic E-state index is -1.38. The Bertz CT molecular complexity index is 594. The maximum atomic E-state index is 11.1. The van der Waals surface area contributed by atoms with E-state index in [9.17, 15) is 14.7 Å². The Kier molecular flexibility index (Phi) is 50.8. The topological polar surface area (TPSA) is 86.7 Å². The van der Waals surface area contributed by atoms with Gasteiger partial charge < -0.3 is 19.7 Å². The molecule has 1 N–H and O–H groups in total. The first-order valence-electron chi connectivity index (χ1n) is 19.7. The largest absolute Gasteiger partial charge is 1.00 e. The smallest absolute Gasteiger partial charge is 0.545 e. The van der Waals surface area contributed by atoms with Crippen LogP contribution in [0, 0.1) is 0 Å². The van der Waals surface area contributed by atoms with Crippen LogP contribution in [-0.2, 0) is 14.3 Å². The van der Waals surface area contributed by atoms with Crippen LogP contribution in [-0.4, -0.2) is 30.3 Å². The van der Waals surface area contributed by atoms with Gasteiger partial charge in [-0.2, -0.15) is 0 Å². The van der Waals surface area contributed by atoms with Crippen molar-refractivity contribution in [2.75, 3.05) is 13.2 Å². The monoisotopic (exact) mass is 661 g/mol. The number of carboxylic acids is 1. The fourth-order valence-electron chi connectivity index (χ4n) is 5.67. The zero-order chi connectivity index (χ0) is 33.3. The van der Waals surface area contributed by atoms with Crippen LogP contribution in [0.25, 0.3) is 0 Å². The molecule has 0 spiro atoms. The fourth-order valence-corrected chi connectivity index (χ4v) is 5.67. The quantitative estimate of drug-likeness (QED) is 0.0320. The van der Waals surface area contributed by atoms with Gasteiger partial charge in [0.2, 0.25) is 0 Å². The number of carbonyl (C=O) groups is 2. The first-order chi connectivity index (χ1) is 22.1. The van der Waals surface area contributed by atoms with Crippen molar-refractivity contribution in [3.05, 3.63) is 12.2 Å². The van der Waals surface area contributed by atoms with Crippen LogP contribution in [0.1, 0.15) is 219 Å². The molecule has 0 heterocycles. The summed E-state index contributed by atoms with van der Waals surface area (Å²) in [7, 11) is 0. The summed E-state index contributed by atoms with van der Waals surface area (Å²) < 4.78 is 4.89. The Morgan fingerprint density at radius 3 is 0.978 bits per heavy atom. The summed E-state index contributed by atoms with van der Waals surface area (Å²) >= 11 is 0. The number of unbranched alkanes of at least 4 members (excludes halogenated alkanes) is 30. The van der Waals surface area contributed by atoms with E-state index in [0.29, 0.717) is 19.3 Å². The van der Waals surface area contributed by atoms with Crippen LogP contribution in [0.3, 0.4) is 0 Å². The van der Waals surface area contributed by atoms with Crippen LogP contribution in [0.5, 0.6) is 0 Å². The number of ether oxygens (including phenoxy) is 1. The molecule has 5 nitrogen and oxygen atoms in total. The van der Waals surface area contributed by atoms with E-state index in [0.717, 1.165) is 25.3 Å². The standard InChI is InChI=1S/C22H40O4.C18H38O.Na/c1-2-3-4-5-6-7-8-9-10-11-12-13-14-15-16-17-20-26-22(25)19-18-21(23)24;1-2-3-4-5-6-7-8-9-10-11-12-13-14-15-16-17-18-19;/h18-19H,2-17,20H2,1H3,(H,23,24);19H,2-18H2,1H3;/q;;+1/p-1/b19-18+;;. The molecule has 0 saturated carbocycles. The van der Waals surface area contributed by atoms with Crippen molar-refractivity contribution >= 4 is 11.9 Å². The second-order valence-electron chi connectivity index (χ2n) is 13.2. The normalized spacial score (nSPS) is 10.8. The molecule has 0 saturated heterocycles. The molecule has 268 valence electrons. The van der Waals surface area contributed by atoms with Gasteiger partial charge in [-0.05, 0) is 18.9 Å². The number of esters is 1. The second kappa shape index (κ2) is 46.8. The Labute approximate surface area is 309 Å². The Morgan fingerprint density at radius 1 is 0.457 bits per heavy atom. The van der Waals surface area contributed by atoms with E-state index >= 15 is 0 Å². The fraction of sp³-hybridized carbons (Fsp3) is 0.900. The predicted octanol–water partition coefficient (Wildman–Crippen LogP) is 8.34. The van der Waals surface area contributed by atoms with Gasteiger partial charge in [0.15, 0.2) is 0 Å². The van der Waals surface area contributed by atoms with Crippen molar-refractivity contribution in [2.24, 2.45) is 0 Å². The van der Waals surface area contributed by atoms with Gasteiger partial charge in [0, 0.05) is 12.7 Å².